The Kier molecular flexibility index (Phi) is 4.44. The monoisotopic (exact) mass is 334 g/mol. The third-order valence-electron chi connectivity index (χ3n) is 4.11. The quantitative estimate of drug-likeness (QED) is 0.779. The summed E-state index contributed by atoms with van der Waals surface area (Å²) in [6.07, 6.45) is 1.23. The van der Waals surface area contributed by atoms with E-state index < -0.39 is 5.56 Å². The summed E-state index contributed by atoms with van der Waals surface area (Å²) in [6, 6.07) is 9.43. The molecule has 7 nitrogen and oxygen atoms in total. The van der Waals surface area contributed by atoms with Gasteiger partial charge in [-0.3, -0.25) is 4.79 Å². The van der Waals surface area contributed by atoms with Crippen molar-refractivity contribution >= 4 is 16.7 Å². The summed E-state index contributed by atoms with van der Waals surface area (Å²) in [6.45, 7) is 3.93. The van der Waals surface area contributed by atoms with Crippen LogP contribution in [0, 0.1) is 11.3 Å². The van der Waals surface area contributed by atoms with Crippen molar-refractivity contribution < 1.29 is 0 Å². The fourth-order valence-electron chi connectivity index (χ4n) is 2.90. The van der Waals surface area contributed by atoms with E-state index in [1.54, 1.807) is 0 Å². The van der Waals surface area contributed by atoms with Crippen LogP contribution in [0.1, 0.15) is 36.5 Å². The summed E-state index contributed by atoms with van der Waals surface area (Å²) < 4.78 is 1.25. The molecule has 2 aromatic heterocycles. The zero-order chi connectivity index (χ0) is 18.0. The third kappa shape index (κ3) is 2.94. The van der Waals surface area contributed by atoms with Gasteiger partial charge in [-0.25, -0.2) is 14.6 Å². The van der Waals surface area contributed by atoms with Gasteiger partial charge in [-0.1, -0.05) is 26.0 Å². The summed E-state index contributed by atoms with van der Waals surface area (Å²) >= 11 is 0. The van der Waals surface area contributed by atoms with Gasteiger partial charge in [0.15, 0.2) is 5.82 Å². The average Bonchev–Trinajstić information content (AvgIpc) is 2.62. The fraction of sp³-hybridized carbons (Fsp3) is 0.278. The second kappa shape index (κ2) is 6.69. The predicted octanol–water partition coefficient (Wildman–Crippen LogP) is 1.81. The smallest absolute Gasteiger partial charge is 0.285 e. The number of nitriles is 1. The Bertz CT molecular complexity index is 1050. The van der Waals surface area contributed by atoms with Gasteiger partial charge >= 0.3 is 0 Å². The van der Waals surface area contributed by atoms with Crippen molar-refractivity contribution in [3.63, 3.8) is 0 Å². The van der Waals surface area contributed by atoms with Gasteiger partial charge in [0.2, 0.25) is 0 Å². The first kappa shape index (κ1) is 16.6. The van der Waals surface area contributed by atoms with E-state index in [0.29, 0.717) is 35.6 Å². The van der Waals surface area contributed by atoms with E-state index in [2.05, 4.69) is 15.1 Å². The molecule has 1 aromatic carbocycles. The normalized spacial score (nSPS) is 10.8. The average molecular weight is 334 g/mol. The topological polar surface area (TPSA) is 110 Å². The highest BCUT2D eigenvalue weighted by Crippen LogP contribution is 2.17. The second-order valence-corrected chi connectivity index (χ2v) is 5.62. The van der Waals surface area contributed by atoms with Gasteiger partial charge in [-0.15, -0.1) is 0 Å². The molecule has 0 radical (unpaired) electrons. The number of aromatic nitrogens is 4. The van der Waals surface area contributed by atoms with Gasteiger partial charge in [-0.2, -0.15) is 10.4 Å². The first-order valence-corrected chi connectivity index (χ1v) is 8.13. The maximum Gasteiger partial charge on any atom is 0.285 e. The van der Waals surface area contributed by atoms with Crippen LogP contribution >= 0.6 is 0 Å². The number of aryl methyl sites for hydroxylation is 1. The summed E-state index contributed by atoms with van der Waals surface area (Å²) in [5.74, 6) is 0.746. The summed E-state index contributed by atoms with van der Waals surface area (Å²) in [4.78, 5) is 21.3. The van der Waals surface area contributed by atoms with Crippen LogP contribution in [0.25, 0.3) is 10.9 Å². The molecule has 0 aliphatic rings. The Balaban J connectivity index is 2.13. The number of nitrogens with zero attached hydrogens (tertiary/aromatic N) is 5. The van der Waals surface area contributed by atoms with Crippen molar-refractivity contribution in [2.24, 2.45) is 0 Å². The van der Waals surface area contributed by atoms with Crippen LogP contribution in [0.4, 0.5) is 5.82 Å². The lowest BCUT2D eigenvalue weighted by Crippen LogP contribution is -2.29. The van der Waals surface area contributed by atoms with Crippen molar-refractivity contribution in [1.29, 1.82) is 5.26 Å². The molecular weight excluding hydrogens is 316 g/mol. The van der Waals surface area contributed by atoms with Crippen LogP contribution in [0.15, 0.2) is 29.1 Å². The summed E-state index contributed by atoms with van der Waals surface area (Å²) in [5, 5.41) is 14.6. The zero-order valence-electron chi connectivity index (χ0n) is 14.2. The highest BCUT2D eigenvalue weighted by atomic mass is 16.1. The van der Waals surface area contributed by atoms with Crippen LogP contribution in [0.3, 0.4) is 0 Å². The molecule has 0 aliphatic carbocycles. The van der Waals surface area contributed by atoms with Crippen LogP contribution in [0.2, 0.25) is 0 Å². The Hall–Kier alpha value is -3.27. The highest BCUT2D eigenvalue weighted by Gasteiger charge is 2.16. The Morgan fingerprint density at radius 1 is 1.20 bits per heavy atom. The van der Waals surface area contributed by atoms with Gasteiger partial charge in [0.25, 0.3) is 5.56 Å². The Labute approximate surface area is 144 Å². The Morgan fingerprint density at radius 2 is 1.96 bits per heavy atom. The molecular formula is C18H18N6O. The van der Waals surface area contributed by atoms with E-state index >= 15 is 0 Å². The molecule has 0 unspecified atom stereocenters. The summed E-state index contributed by atoms with van der Waals surface area (Å²) in [5.41, 5.74) is 7.88. The van der Waals surface area contributed by atoms with Gasteiger partial charge in [-0.05, 0) is 30.5 Å². The molecule has 25 heavy (non-hydrogen) atoms. The number of anilines is 1. The fourth-order valence-corrected chi connectivity index (χ4v) is 2.90. The van der Waals surface area contributed by atoms with Gasteiger partial charge in [0.1, 0.15) is 24.0 Å². The maximum atomic E-state index is 12.6. The minimum absolute atomic E-state index is 0.0690. The van der Waals surface area contributed by atoms with E-state index in [1.165, 1.54) is 4.68 Å². The number of nitrogens with two attached hydrogens (primary N) is 1. The lowest BCUT2D eigenvalue weighted by molar-refractivity contribution is 0.594. The third-order valence-corrected chi connectivity index (χ3v) is 4.11. The molecule has 3 rings (SSSR count). The molecule has 0 fully saturated rings. The Morgan fingerprint density at radius 3 is 2.64 bits per heavy atom. The minimum atomic E-state index is -0.424. The molecule has 0 amide bonds. The van der Waals surface area contributed by atoms with Crippen molar-refractivity contribution in [1.82, 2.24) is 19.7 Å². The first-order valence-electron chi connectivity index (χ1n) is 8.13. The molecule has 7 heteroatoms. The predicted molar refractivity (Wildman–Crippen MR) is 95.0 cm³/mol. The molecule has 3 aromatic rings. The minimum Gasteiger partial charge on any atom is -0.383 e. The number of hydrogen-bond donors (Lipinski definition) is 1. The van der Waals surface area contributed by atoms with E-state index in [4.69, 9.17) is 5.73 Å². The molecule has 126 valence electrons. The number of rotatable bonds is 4. The zero-order valence-corrected chi connectivity index (χ0v) is 14.2. The van der Waals surface area contributed by atoms with Crippen LogP contribution < -0.4 is 11.3 Å². The lowest BCUT2D eigenvalue weighted by Gasteiger charge is -2.12. The first-order chi connectivity index (χ1) is 12.1. The maximum absolute atomic E-state index is 12.6. The largest absolute Gasteiger partial charge is 0.383 e. The van der Waals surface area contributed by atoms with Crippen molar-refractivity contribution in [3.05, 3.63) is 57.3 Å². The lowest BCUT2D eigenvalue weighted by atomic mass is 10.0. The van der Waals surface area contributed by atoms with Crippen LogP contribution in [0.5, 0.6) is 0 Å². The molecule has 0 saturated heterocycles. The van der Waals surface area contributed by atoms with E-state index in [1.807, 2.05) is 44.2 Å². The van der Waals surface area contributed by atoms with Crippen molar-refractivity contribution in [3.8, 4) is 6.07 Å². The van der Waals surface area contributed by atoms with E-state index in [0.717, 1.165) is 11.1 Å². The second-order valence-electron chi connectivity index (χ2n) is 5.62. The molecule has 0 bridgehead atoms. The standard InChI is InChI=1S/C18H18N6O/c1-3-11-13(9-19)18(25)24(23-14(11)4-2)10-16-21-15-8-6-5-7-12(15)17(20)22-16/h5-8H,3-4,10H2,1-2H3,(H2,20,21,22). The number of fused-ring (bicyclic) bond motifs is 1. The highest BCUT2D eigenvalue weighted by molar-refractivity contribution is 5.87. The van der Waals surface area contributed by atoms with Crippen LogP contribution in [-0.2, 0) is 19.4 Å². The van der Waals surface area contributed by atoms with Crippen LogP contribution in [-0.4, -0.2) is 19.7 Å². The van der Waals surface area contributed by atoms with Gasteiger partial charge in [0, 0.05) is 5.39 Å². The van der Waals surface area contributed by atoms with Crippen molar-refractivity contribution in [2.75, 3.05) is 5.73 Å². The molecule has 0 spiro atoms. The molecule has 0 saturated carbocycles. The molecule has 2 N–H and O–H groups in total. The summed E-state index contributed by atoms with van der Waals surface area (Å²) in [7, 11) is 0. The number of hydrogen-bond acceptors (Lipinski definition) is 6. The van der Waals surface area contributed by atoms with Gasteiger partial charge < -0.3 is 5.73 Å². The molecule has 2 heterocycles. The number of nitrogen functional groups attached to an aromatic ring is 1. The number of para-hydroxylation sites is 1. The number of benzene rings is 1. The molecule has 0 aliphatic heterocycles. The van der Waals surface area contributed by atoms with Gasteiger partial charge in [0.05, 0.1) is 11.2 Å². The van der Waals surface area contributed by atoms with E-state index in [9.17, 15) is 10.1 Å². The SMILES string of the molecule is CCc1nn(Cc2nc(N)c3ccccc3n2)c(=O)c(C#N)c1CC. The van der Waals surface area contributed by atoms with Crippen molar-refractivity contribution in [2.45, 2.75) is 33.2 Å². The van der Waals surface area contributed by atoms with E-state index in [-0.39, 0.29) is 12.1 Å². The molecule has 0 atom stereocenters.